The SMILES string of the molecule is COCC(CBr)NC(=O)C1CCC(C(F)(F)F)CC1. The van der Waals surface area contributed by atoms with E-state index < -0.39 is 12.1 Å². The van der Waals surface area contributed by atoms with Gasteiger partial charge in [-0.1, -0.05) is 15.9 Å². The number of halogens is 4. The quantitative estimate of drug-likeness (QED) is 0.778. The number of nitrogens with one attached hydrogen (secondary N) is 1. The minimum Gasteiger partial charge on any atom is -0.383 e. The largest absolute Gasteiger partial charge is 0.391 e. The average Bonchev–Trinajstić information content (AvgIpc) is 2.37. The first-order chi connectivity index (χ1) is 8.88. The van der Waals surface area contributed by atoms with E-state index in [1.807, 2.05) is 0 Å². The molecule has 0 radical (unpaired) electrons. The van der Waals surface area contributed by atoms with Gasteiger partial charge in [-0.2, -0.15) is 13.2 Å². The van der Waals surface area contributed by atoms with Crippen molar-refractivity contribution in [1.82, 2.24) is 5.32 Å². The minimum atomic E-state index is -4.13. The molecule has 0 heterocycles. The van der Waals surface area contributed by atoms with Crippen molar-refractivity contribution in [1.29, 1.82) is 0 Å². The number of hydrogen-bond acceptors (Lipinski definition) is 2. The van der Waals surface area contributed by atoms with Crippen molar-refractivity contribution in [3.63, 3.8) is 0 Å². The second-order valence-electron chi connectivity index (χ2n) is 4.91. The van der Waals surface area contributed by atoms with Gasteiger partial charge in [-0.3, -0.25) is 4.79 Å². The lowest BCUT2D eigenvalue weighted by Crippen LogP contribution is -2.43. The van der Waals surface area contributed by atoms with Gasteiger partial charge in [-0.25, -0.2) is 0 Å². The molecule has 1 atom stereocenters. The molecular formula is C12H19BrF3NO2. The van der Waals surface area contributed by atoms with E-state index in [2.05, 4.69) is 21.2 Å². The van der Waals surface area contributed by atoms with Crippen molar-refractivity contribution in [3.8, 4) is 0 Å². The van der Waals surface area contributed by atoms with Crippen molar-refractivity contribution in [2.75, 3.05) is 19.0 Å². The zero-order chi connectivity index (χ0) is 14.5. The van der Waals surface area contributed by atoms with Crippen LogP contribution in [0.5, 0.6) is 0 Å². The Hall–Kier alpha value is -0.300. The average molecular weight is 346 g/mol. The molecule has 1 aliphatic rings. The standard InChI is InChI=1S/C12H19BrF3NO2/c1-19-7-10(6-13)17-11(18)8-2-4-9(5-3-8)12(14,15)16/h8-10H,2-7H2,1H3,(H,17,18). The Kier molecular flexibility index (Phi) is 6.59. The molecule has 0 aromatic heterocycles. The number of rotatable bonds is 5. The molecule has 3 nitrogen and oxygen atoms in total. The number of ether oxygens (including phenoxy) is 1. The maximum Gasteiger partial charge on any atom is 0.391 e. The van der Waals surface area contributed by atoms with E-state index in [1.54, 1.807) is 0 Å². The predicted molar refractivity (Wildman–Crippen MR) is 69.1 cm³/mol. The van der Waals surface area contributed by atoms with Crippen molar-refractivity contribution >= 4 is 21.8 Å². The zero-order valence-electron chi connectivity index (χ0n) is 10.8. The van der Waals surface area contributed by atoms with Gasteiger partial charge >= 0.3 is 6.18 Å². The Morgan fingerprint density at radius 1 is 1.37 bits per heavy atom. The Morgan fingerprint density at radius 3 is 2.37 bits per heavy atom. The number of carbonyl (C=O) groups is 1. The van der Waals surface area contributed by atoms with Gasteiger partial charge in [0.1, 0.15) is 0 Å². The van der Waals surface area contributed by atoms with Crippen LogP contribution < -0.4 is 5.32 Å². The number of methoxy groups -OCH3 is 1. The lowest BCUT2D eigenvalue weighted by Gasteiger charge is -2.30. The number of hydrogen-bond donors (Lipinski definition) is 1. The highest BCUT2D eigenvalue weighted by Gasteiger charge is 2.42. The van der Waals surface area contributed by atoms with Crippen LogP contribution in [-0.4, -0.2) is 37.2 Å². The maximum atomic E-state index is 12.5. The predicted octanol–water partition coefficient (Wildman–Crippen LogP) is 2.88. The summed E-state index contributed by atoms with van der Waals surface area (Å²) < 4.78 is 42.5. The van der Waals surface area contributed by atoms with E-state index >= 15 is 0 Å². The normalized spacial score (nSPS) is 25.9. The monoisotopic (exact) mass is 345 g/mol. The molecule has 0 aromatic rings. The molecule has 1 fully saturated rings. The van der Waals surface area contributed by atoms with Gasteiger partial charge in [0.05, 0.1) is 18.6 Å². The molecule has 19 heavy (non-hydrogen) atoms. The third-order valence-electron chi connectivity index (χ3n) is 3.46. The van der Waals surface area contributed by atoms with E-state index in [4.69, 9.17) is 4.74 Å². The van der Waals surface area contributed by atoms with E-state index in [0.29, 0.717) is 24.8 Å². The van der Waals surface area contributed by atoms with Gasteiger partial charge in [0, 0.05) is 18.4 Å². The lowest BCUT2D eigenvalue weighted by atomic mass is 9.81. The minimum absolute atomic E-state index is 0.0465. The molecule has 0 spiro atoms. The first-order valence-corrected chi connectivity index (χ1v) is 7.42. The van der Waals surface area contributed by atoms with Gasteiger partial charge in [0.2, 0.25) is 5.91 Å². The van der Waals surface area contributed by atoms with E-state index in [1.165, 1.54) is 7.11 Å². The molecule has 1 amide bonds. The summed E-state index contributed by atoms with van der Waals surface area (Å²) in [5, 5.41) is 3.36. The smallest absolute Gasteiger partial charge is 0.383 e. The summed E-state index contributed by atoms with van der Waals surface area (Å²) in [5.74, 6) is -1.72. The van der Waals surface area contributed by atoms with Crippen LogP contribution in [-0.2, 0) is 9.53 Å². The van der Waals surface area contributed by atoms with Gasteiger partial charge in [-0.15, -0.1) is 0 Å². The van der Waals surface area contributed by atoms with Gasteiger partial charge < -0.3 is 10.1 Å². The fourth-order valence-electron chi connectivity index (χ4n) is 2.33. The molecule has 1 N–H and O–H groups in total. The highest BCUT2D eigenvalue weighted by Crippen LogP contribution is 2.39. The highest BCUT2D eigenvalue weighted by atomic mass is 79.9. The van der Waals surface area contributed by atoms with Crippen LogP contribution >= 0.6 is 15.9 Å². The van der Waals surface area contributed by atoms with Crippen LogP contribution in [0.25, 0.3) is 0 Å². The molecule has 1 aliphatic carbocycles. The van der Waals surface area contributed by atoms with Crippen LogP contribution in [0, 0.1) is 11.8 Å². The molecule has 1 rings (SSSR count). The summed E-state index contributed by atoms with van der Waals surface area (Å²) in [6.07, 6.45) is -3.43. The summed E-state index contributed by atoms with van der Waals surface area (Å²) in [6.45, 7) is 0.384. The maximum absolute atomic E-state index is 12.5. The topological polar surface area (TPSA) is 38.3 Å². The molecular weight excluding hydrogens is 327 g/mol. The second-order valence-corrected chi connectivity index (χ2v) is 5.55. The first-order valence-electron chi connectivity index (χ1n) is 6.30. The first kappa shape index (κ1) is 16.8. The number of carbonyl (C=O) groups excluding carboxylic acids is 1. The zero-order valence-corrected chi connectivity index (χ0v) is 12.4. The third kappa shape index (κ3) is 5.30. The summed E-state index contributed by atoms with van der Waals surface area (Å²) >= 11 is 3.26. The second kappa shape index (κ2) is 7.47. The Morgan fingerprint density at radius 2 is 1.95 bits per heavy atom. The molecule has 0 aliphatic heterocycles. The summed E-state index contributed by atoms with van der Waals surface area (Å²) in [4.78, 5) is 11.9. The number of amides is 1. The molecule has 1 saturated carbocycles. The molecule has 1 unspecified atom stereocenters. The van der Waals surface area contributed by atoms with E-state index in [0.717, 1.165) is 0 Å². The summed E-state index contributed by atoms with van der Waals surface area (Å²) in [6, 6.07) is -0.141. The molecule has 0 aromatic carbocycles. The van der Waals surface area contributed by atoms with Crippen LogP contribution in [0.15, 0.2) is 0 Å². The summed E-state index contributed by atoms with van der Waals surface area (Å²) in [7, 11) is 1.54. The molecule has 0 bridgehead atoms. The van der Waals surface area contributed by atoms with Crippen LogP contribution in [0.2, 0.25) is 0 Å². The fraction of sp³-hybridized carbons (Fsp3) is 0.917. The molecule has 7 heteroatoms. The van der Waals surface area contributed by atoms with Gasteiger partial charge in [-0.05, 0) is 25.7 Å². The summed E-state index contributed by atoms with van der Waals surface area (Å²) in [5.41, 5.74) is 0. The van der Waals surface area contributed by atoms with E-state index in [9.17, 15) is 18.0 Å². The van der Waals surface area contributed by atoms with Crippen LogP contribution in [0.1, 0.15) is 25.7 Å². The molecule has 0 saturated heterocycles. The Balaban J connectivity index is 2.40. The van der Waals surface area contributed by atoms with Gasteiger partial charge in [0.15, 0.2) is 0 Å². The van der Waals surface area contributed by atoms with Crippen LogP contribution in [0.3, 0.4) is 0 Å². The Labute approximate surface area is 119 Å². The van der Waals surface area contributed by atoms with E-state index in [-0.39, 0.29) is 30.7 Å². The lowest BCUT2D eigenvalue weighted by molar-refractivity contribution is -0.184. The molecule has 112 valence electrons. The highest BCUT2D eigenvalue weighted by molar-refractivity contribution is 9.09. The van der Waals surface area contributed by atoms with Crippen molar-refractivity contribution in [2.24, 2.45) is 11.8 Å². The van der Waals surface area contributed by atoms with Crippen LogP contribution in [0.4, 0.5) is 13.2 Å². The Bertz CT molecular complexity index is 291. The number of alkyl halides is 4. The fourth-order valence-corrected chi connectivity index (χ4v) is 2.68. The third-order valence-corrected chi connectivity index (χ3v) is 4.24. The van der Waals surface area contributed by atoms with Crippen molar-refractivity contribution in [3.05, 3.63) is 0 Å². The van der Waals surface area contributed by atoms with Crippen molar-refractivity contribution in [2.45, 2.75) is 37.9 Å². The van der Waals surface area contributed by atoms with Gasteiger partial charge in [0.25, 0.3) is 0 Å². The van der Waals surface area contributed by atoms with Crippen molar-refractivity contribution < 1.29 is 22.7 Å².